The zero-order chi connectivity index (χ0) is 10.1. The Bertz CT molecular complexity index is 331. The predicted octanol–water partition coefficient (Wildman–Crippen LogP) is 2.50. The number of hydrogen-bond acceptors (Lipinski definition) is 2. The molecule has 2 rings (SSSR count). The normalized spacial score (nSPS) is 19.0. The molecule has 0 heterocycles. The summed E-state index contributed by atoms with van der Waals surface area (Å²) in [7, 11) is 0. The van der Waals surface area contributed by atoms with E-state index < -0.39 is 0 Å². The van der Waals surface area contributed by atoms with E-state index in [1.54, 1.807) is 6.07 Å². The van der Waals surface area contributed by atoms with Gasteiger partial charge in [-0.2, -0.15) is 0 Å². The van der Waals surface area contributed by atoms with Crippen molar-refractivity contribution in [3.05, 3.63) is 29.3 Å². The van der Waals surface area contributed by atoms with Crippen LogP contribution in [0.1, 0.15) is 36.4 Å². The Morgan fingerprint density at radius 1 is 1.43 bits per heavy atom. The van der Waals surface area contributed by atoms with Gasteiger partial charge in [-0.05, 0) is 37.3 Å². The fourth-order valence-corrected chi connectivity index (χ4v) is 1.99. The summed E-state index contributed by atoms with van der Waals surface area (Å²) in [4.78, 5) is 0. The largest absolute Gasteiger partial charge is 0.508 e. The Morgan fingerprint density at radius 3 is 2.64 bits per heavy atom. The number of hydrogen-bond donors (Lipinski definition) is 2. The molecule has 0 spiro atoms. The van der Waals surface area contributed by atoms with Crippen LogP contribution >= 0.6 is 0 Å². The van der Waals surface area contributed by atoms with Crippen LogP contribution < -0.4 is 5.73 Å². The van der Waals surface area contributed by atoms with E-state index in [2.05, 4.69) is 0 Å². The van der Waals surface area contributed by atoms with Gasteiger partial charge in [0, 0.05) is 11.6 Å². The maximum atomic E-state index is 9.75. The van der Waals surface area contributed by atoms with Crippen LogP contribution in [-0.4, -0.2) is 5.11 Å². The topological polar surface area (TPSA) is 46.2 Å². The van der Waals surface area contributed by atoms with Crippen molar-refractivity contribution < 1.29 is 5.11 Å². The summed E-state index contributed by atoms with van der Waals surface area (Å²) in [6.07, 6.45) is 3.69. The number of aromatic hydroxyl groups is 1. The second-order valence-corrected chi connectivity index (χ2v) is 4.28. The second kappa shape index (κ2) is 3.62. The minimum Gasteiger partial charge on any atom is -0.508 e. The smallest absolute Gasteiger partial charge is 0.120 e. The first-order chi connectivity index (χ1) is 6.68. The van der Waals surface area contributed by atoms with Crippen LogP contribution in [0.25, 0.3) is 0 Å². The third kappa shape index (κ3) is 1.62. The van der Waals surface area contributed by atoms with Crippen LogP contribution in [0.2, 0.25) is 0 Å². The average molecular weight is 191 g/mol. The summed E-state index contributed by atoms with van der Waals surface area (Å²) in [5.41, 5.74) is 8.07. The van der Waals surface area contributed by atoms with E-state index in [4.69, 9.17) is 5.73 Å². The molecule has 1 aliphatic carbocycles. The Balaban J connectivity index is 2.22. The Kier molecular flexibility index (Phi) is 2.46. The molecular formula is C12H17NO. The summed E-state index contributed by atoms with van der Waals surface area (Å²) >= 11 is 0. The standard InChI is InChI=1S/C12H17NO/c1-8-5-6-10(11(14)7-8)12(13)9-3-2-4-9/h5-7,9,12,14H,2-4,13H2,1H3/t12-/m1/s1. The van der Waals surface area contributed by atoms with E-state index in [0.717, 1.165) is 11.1 Å². The van der Waals surface area contributed by atoms with Gasteiger partial charge >= 0.3 is 0 Å². The van der Waals surface area contributed by atoms with E-state index in [1.807, 2.05) is 19.1 Å². The highest BCUT2D eigenvalue weighted by atomic mass is 16.3. The number of phenolic OH excluding ortho intramolecular Hbond substituents is 1. The van der Waals surface area contributed by atoms with Crippen molar-refractivity contribution >= 4 is 0 Å². The van der Waals surface area contributed by atoms with Crippen molar-refractivity contribution in [2.75, 3.05) is 0 Å². The summed E-state index contributed by atoms with van der Waals surface area (Å²) in [6, 6.07) is 5.76. The summed E-state index contributed by atoms with van der Waals surface area (Å²) in [5.74, 6) is 0.924. The zero-order valence-corrected chi connectivity index (χ0v) is 8.53. The zero-order valence-electron chi connectivity index (χ0n) is 8.53. The molecule has 1 fully saturated rings. The average Bonchev–Trinajstić information content (AvgIpc) is 2.00. The minimum absolute atomic E-state index is 0.0179. The highest BCUT2D eigenvalue weighted by Gasteiger charge is 2.26. The third-order valence-corrected chi connectivity index (χ3v) is 3.20. The van der Waals surface area contributed by atoms with Crippen LogP contribution in [0.5, 0.6) is 5.75 Å². The molecule has 0 saturated heterocycles. The van der Waals surface area contributed by atoms with Crippen LogP contribution in [0.4, 0.5) is 0 Å². The monoisotopic (exact) mass is 191 g/mol. The van der Waals surface area contributed by atoms with E-state index in [0.29, 0.717) is 11.7 Å². The van der Waals surface area contributed by atoms with Crippen LogP contribution in [0, 0.1) is 12.8 Å². The highest BCUT2D eigenvalue weighted by molar-refractivity contribution is 5.38. The molecule has 1 aromatic carbocycles. The van der Waals surface area contributed by atoms with Crippen LogP contribution in [0.3, 0.4) is 0 Å². The highest BCUT2D eigenvalue weighted by Crippen LogP contribution is 2.38. The van der Waals surface area contributed by atoms with Crippen molar-refractivity contribution in [3.8, 4) is 5.75 Å². The van der Waals surface area contributed by atoms with Crippen LogP contribution in [0.15, 0.2) is 18.2 Å². The first-order valence-corrected chi connectivity index (χ1v) is 5.23. The van der Waals surface area contributed by atoms with Gasteiger partial charge in [0.25, 0.3) is 0 Å². The van der Waals surface area contributed by atoms with Gasteiger partial charge in [0.1, 0.15) is 5.75 Å². The number of aryl methyl sites for hydroxylation is 1. The van der Waals surface area contributed by atoms with Gasteiger partial charge in [0.2, 0.25) is 0 Å². The van der Waals surface area contributed by atoms with E-state index in [9.17, 15) is 5.11 Å². The number of phenols is 1. The molecule has 0 bridgehead atoms. The van der Waals surface area contributed by atoms with Crippen molar-refractivity contribution in [2.24, 2.45) is 11.7 Å². The molecule has 14 heavy (non-hydrogen) atoms. The van der Waals surface area contributed by atoms with Crippen molar-refractivity contribution in [2.45, 2.75) is 32.2 Å². The third-order valence-electron chi connectivity index (χ3n) is 3.20. The first-order valence-electron chi connectivity index (χ1n) is 5.23. The summed E-state index contributed by atoms with van der Waals surface area (Å²) in [6.45, 7) is 1.97. The molecule has 1 aromatic rings. The van der Waals surface area contributed by atoms with Gasteiger partial charge in [-0.3, -0.25) is 0 Å². The van der Waals surface area contributed by atoms with E-state index in [-0.39, 0.29) is 6.04 Å². The lowest BCUT2D eigenvalue weighted by atomic mass is 9.77. The molecule has 0 radical (unpaired) electrons. The maximum Gasteiger partial charge on any atom is 0.120 e. The van der Waals surface area contributed by atoms with Gasteiger partial charge in [-0.15, -0.1) is 0 Å². The summed E-state index contributed by atoms with van der Waals surface area (Å²) < 4.78 is 0. The quantitative estimate of drug-likeness (QED) is 0.754. The van der Waals surface area contributed by atoms with Crippen molar-refractivity contribution in [3.63, 3.8) is 0 Å². The Morgan fingerprint density at radius 2 is 2.14 bits per heavy atom. The van der Waals surface area contributed by atoms with Crippen molar-refractivity contribution in [1.29, 1.82) is 0 Å². The molecule has 0 amide bonds. The molecule has 1 atom stereocenters. The van der Waals surface area contributed by atoms with Crippen LogP contribution in [-0.2, 0) is 0 Å². The maximum absolute atomic E-state index is 9.75. The van der Waals surface area contributed by atoms with Gasteiger partial charge in [-0.1, -0.05) is 18.6 Å². The molecule has 0 aliphatic heterocycles. The molecule has 2 nitrogen and oxygen atoms in total. The number of rotatable bonds is 2. The molecule has 76 valence electrons. The predicted molar refractivity (Wildman–Crippen MR) is 57.1 cm³/mol. The number of nitrogens with two attached hydrogens (primary N) is 1. The molecule has 0 unspecified atom stereocenters. The molecule has 1 aliphatic rings. The lowest BCUT2D eigenvalue weighted by Gasteiger charge is -2.31. The van der Waals surface area contributed by atoms with Gasteiger partial charge in [0.15, 0.2) is 0 Å². The first kappa shape index (κ1) is 9.53. The molecule has 3 N–H and O–H groups in total. The van der Waals surface area contributed by atoms with Gasteiger partial charge in [-0.25, -0.2) is 0 Å². The van der Waals surface area contributed by atoms with E-state index in [1.165, 1.54) is 19.3 Å². The lowest BCUT2D eigenvalue weighted by molar-refractivity contribution is 0.260. The minimum atomic E-state index is 0.0179. The second-order valence-electron chi connectivity index (χ2n) is 4.28. The van der Waals surface area contributed by atoms with Gasteiger partial charge in [0.05, 0.1) is 0 Å². The van der Waals surface area contributed by atoms with Crippen molar-refractivity contribution in [1.82, 2.24) is 0 Å². The summed E-state index contributed by atoms with van der Waals surface area (Å²) in [5, 5.41) is 9.75. The Hall–Kier alpha value is -1.02. The fourth-order valence-electron chi connectivity index (χ4n) is 1.99. The van der Waals surface area contributed by atoms with Gasteiger partial charge < -0.3 is 10.8 Å². The molecule has 1 saturated carbocycles. The SMILES string of the molecule is Cc1ccc([C@H](N)C2CCC2)c(O)c1. The van der Waals surface area contributed by atoms with E-state index >= 15 is 0 Å². The number of benzene rings is 1. The fraction of sp³-hybridized carbons (Fsp3) is 0.500. The Labute approximate surface area is 84.7 Å². The molecule has 0 aromatic heterocycles. The molecular weight excluding hydrogens is 174 g/mol. The lowest BCUT2D eigenvalue weighted by Crippen LogP contribution is -2.26. The molecule has 2 heteroatoms.